The Morgan fingerprint density at radius 2 is 2.16 bits per heavy atom. The maximum absolute atomic E-state index is 12.0. The number of benzene rings is 1. The van der Waals surface area contributed by atoms with Gasteiger partial charge in [0, 0.05) is 25.1 Å². The summed E-state index contributed by atoms with van der Waals surface area (Å²) in [5.74, 6) is 1.08. The van der Waals surface area contributed by atoms with Gasteiger partial charge in [0.25, 0.3) is 5.56 Å². The van der Waals surface area contributed by atoms with Gasteiger partial charge in [-0.15, -0.1) is 0 Å². The summed E-state index contributed by atoms with van der Waals surface area (Å²) in [6.07, 6.45) is 3.78. The highest BCUT2D eigenvalue weighted by Gasteiger charge is 2.25. The monoisotopic (exact) mass is 342 g/mol. The summed E-state index contributed by atoms with van der Waals surface area (Å²) in [6, 6.07) is 8.49. The van der Waals surface area contributed by atoms with Crippen LogP contribution in [-0.4, -0.2) is 28.7 Å². The summed E-state index contributed by atoms with van der Waals surface area (Å²) in [7, 11) is 0. The summed E-state index contributed by atoms with van der Waals surface area (Å²) in [6.45, 7) is 3.11. The number of nitrogens with one attached hydrogen (secondary N) is 2. The molecule has 3 rings (SSSR count). The fourth-order valence-electron chi connectivity index (χ4n) is 2.52. The molecule has 0 bridgehead atoms. The van der Waals surface area contributed by atoms with Gasteiger partial charge in [-0.1, -0.05) is 12.1 Å². The molecule has 1 heterocycles. The lowest BCUT2D eigenvalue weighted by Gasteiger charge is -2.12. The van der Waals surface area contributed by atoms with Gasteiger partial charge in [0.1, 0.15) is 5.75 Å². The summed E-state index contributed by atoms with van der Waals surface area (Å²) in [4.78, 5) is 28.4. The third kappa shape index (κ3) is 4.59. The predicted octanol–water partition coefficient (Wildman–Crippen LogP) is 2.34. The van der Waals surface area contributed by atoms with E-state index in [1.807, 2.05) is 19.1 Å². The molecule has 0 saturated heterocycles. The van der Waals surface area contributed by atoms with E-state index in [2.05, 4.69) is 15.6 Å². The van der Waals surface area contributed by atoms with Crippen LogP contribution in [0, 0.1) is 0 Å². The molecular weight excluding hydrogens is 320 g/mol. The first kappa shape index (κ1) is 17.0. The lowest BCUT2D eigenvalue weighted by molar-refractivity contribution is 0.251. The van der Waals surface area contributed by atoms with Gasteiger partial charge >= 0.3 is 6.03 Å². The first-order valence-electron chi connectivity index (χ1n) is 8.50. The second kappa shape index (κ2) is 7.83. The first-order chi connectivity index (χ1) is 12.2. The molecule has 1 aromatic carbocycles. The van der Waals surface area contributed by atoms with Gasteiger partial charge in [-0.2, -0.15) is 0 Å². The van der Waals surface area contributed by atoms with Crippen molar-refractivity contribution in [2.45, 2.75) is 32.2 Å². The van der Waals surface area contributed by atoms with Crippen molar-refractivity contribution in [3.05, 3.63) is 52.7 Å². The second-order valence-electron chi connectivity index (χ2n) is 5.93. The second-order valence-corrected chi connectivity index (χ2v) is 5.93. The molecule has 1 aromatic heterocycles. The third-order valence-electron chi connectivity index (χ3n) is 3.97. The Hall–Kier alpha value is -2.83. The average Bonchev–Trinajstić information content (AvgIpc) is 3.43. The van der Waals surface area contributed by atoms with E-state index < -0.39 is 0 Å². The van der Waals surface area contributed by atoms with E-state index in [4.69, 9.17) is 4.74 Å². The average molecular weight is 342 g/mol. The van der Waals surface area contributed by atoms with E-state index in [0.29, 0.717) is 37.1 Å². The van der Waals surface area contributed by atoms with Crippen molar-refractivity contribution in [3.8, 4) is 5.75 Å². The normalized spacial score (nSPS) is 13.3. The molecule has 2 aromatic rings. The number of carbonyl (C=O) groups excluding carboxylic acids is 1. The zero-order valence-electron chi connectivity index (χ0n) is 14.2. The Morgan fingerprint density at radius 1 is 1.36 bits per heavy atom. The van der Waals surface area contributed by atoms with Gasteiger partial charge in [0.15, 0.2) is 0 Å². The number of hydrogen-bond donors (Lipinski definition) is 2. The van der Waals surface area contributed by atoms with Crippen LogP contribution in [0.3, 0.4) is 0 Å². The van der Waals surface area contributed by atoms with Crippen molar-refractivity contribution in [2.75, 3.05) is 18.5 Å². The molecule has 2 N–H and O–H groups in total. The van der Waals surface area contributed by atoms with Crippen LogP contribution in [0.15, 0.2) is 41.5 Å². The van der Waals surface area contributed by atoms with E-state index >= 15 is 0 Å². The lowest BCUT2D eigenvalue weighted by atomic mass is 10.3. The van der Waals surface area contributed by atoms with Gasteiger partial charge in [-0.25, -0.2) is 9.78 Å². The van der Waals surface area contributed by atoms with Crippen molar-refractivity contribution >= 4 is 11.7 Å². The molecule has 7 heteroatoms. The van der Waals surface area contributed by atoms with Gasteiger partial charge < -0.3 is 15.4 Å². The SMILES string of the molecule is CCOc1ccccc1NC(=O)NCCn1cnc(C2CC2)cc1=O. The van der Waals surface area contributed by atoms with Crippen molar-refractivity contribution in [1.29, 1.82) is 0 Å². The number of amides is 2. The molecule has 2 amide bonds. The Bertz CT molecular complexity index is 799. The molecule has 1 aliphatic rings. The summed E-state index contributed by atoms with van der Waals surface area (Å²) in [5.41, 5.74) is 1.40. The van der Waals surface area contributed by atoms with Gasteiger partial charge in [0.2, 0.25) is 0 Å². The number of nitrogens with zero attached hydrogens (tertiary/aromatic N) is 2. The molecule has 0 radical (unpaired) electrons. The Kier molecular flexibility index (Phi) is 5.33. The van der Waals surface area contributed by atoms with Gasteiger partial charge in [-0.05, 0) is 31.9 Å². The number of rotatable bonds is 7. The lowest BCUT2D eigenvalue weighted by Crippen LogP contribution is -2.33. The largest absolute Gasteiger partial charge is 0.492 e. The number of hydrogen-bond acceptors (Lipinski definition) is 4. The van der Waals surface area contributed by atoms with Crippen molar-refractivity contribution < 1.29 is 9.53 Å². The Morgan fingerprint density at radius 3 is 2.88 bits per heavy atom. The molecule has 1 saturated carbocycles. The predicted molar refractivity (Wildman–Crippen MR) is 95.1 cm³/mol. The molecule has 0 unspecified atom stereocenters. The smallest absolute Gasteiger partial charge is 0.319 e. The molecule has 0 atom stereocenters. The van der Waals surface area contributed by atoms with Crippen LogP contribution in [0.5, 0.6) is 5.75 Å². The number of ether oxygens (including phenoxy) is 1. The quantitative estimate of drug-likeness (QED) is 0.809. The number of aromatic nitrogens is 2. The molecule has 25 heavy (non-hydrogen) atoms. The highest BCUT2D eigenvalue weighted by atomic mass is 16.5. The van der Waals surface area contributed by atoms with Crippen molar-refractivity contribution in [1.82, 2.24) is 14.9 Å². The first-order valence-corrected chi connectivity index (χ1v) is 8.50. The Labute approximate surface area is 146 Å². The van der Waals surface area contributed by atoms with Crippen LogP contribution in [0.2, 0.25) is 0 Å². The maximum atomic E-state index is 12.0. The van der Waals surface area contributed by atoms with Crippen LogP contribution >= 0.6 is 0 Å². The topological polar surface area (TPSA) is 85.2 Å². The minimum Gasteiger partial charge on any atom is -0.492 e. The molecule has 132 valence electrons. The number of para-hydroxylation sites is 2. The Balaban J connectivity index is 1.50. The standard InChI is InChI=1S/C18H22N4O3/c1-2-25-16-6-4-3-5-14(16)21-18(24)19-9-10-22-12-20-15(11-17(22)23)13-7-8-13/h3-6,11-13H,2,7-10H2,1H3,(H2,19,21,24). The van der Waals surface area contributed by atoms with Crippen LogP contribution in [-0.2, 0) is 6.54 Å². The van der Waals surface area contributed by atoms with Crippen LogP contribution < -0.4 is 20.9 Å². The molecule has 1 fully saturated rings. The van der Waals surface area contributed by atoms with Gasteiger partial charge in [0.05, 0.1) is 24.3 Å². The highest BCUT2D eigenvalue weighted by molar-refractivity contribution is 5.90. The minimum absolute atomic E-state index is 0.0826. The van der Waals surface area contributed by atoms with Crippen molar-refractivity contribution in [2.24, 2.45) is 0 Å². The summed E-state index contributed by atoms with van der Waals surface area (Å²) >= 11 is 0. The van der Waals surface area contributed by atoms with Crippen LogP contribution in [0.25, 0.3) is 0 Å². The molecular formula is C18H22N4O3. The van der Waals surface area contributed by atoms with Gasteiger partial charge in [-0.3, -0.25) is 9.36 Å². The summed E-state index contributed by atoms with van der Waals surface area (Å²) < 4.78 is 6.97. The van der Waals surface area contributed by atoms with Crippen molar-refractivity contribution in [3.63, 3.8) is 0 Å². The summed E-state index contributed by atoms with van der Waals surface area (Å²) in [5, 5.41) is 5.48. The maximum Gasteiger partial charge on any atom is 0.319 e. The molecule has 1 aliphatic carbocycles. The fourth-order valence-corrected chi connectivity index (χ4v) is 2.52. The number of carbonyl (C=O) groups is 1. The van der Waals surface area contributed by atoms with Crippen LogP contribution in [0.1, 0.15) is 31.4 Å². The van der Waals surface area contributed by atoms with E-state index in [1.165, 1.54) is 4.57 Å². The van der Waals surface area contributed by atoms with E-state index in [-0.39, 0.29) is 11.6 Å². The minimum atomic E-state index is -0.345. The highest BCUT2D eigenvalue weighted by Crippen LogP contribution is 2.38. The molecule has 0 aliphatic heterocycles. The van der Waals surface area contributed by atoms with E-state index in [9.17, 15) is 9.59 Å². The third-order valence-corrected chi connectivity index (χ3v) is 3.97. The van der Waals surface area contributed by atoms with E-state index in [0.717, 1.165) is 18.5 Å². The van der Waals surface area contributed by atoms with E-state index in [1.54, 1.807) is 24.5 Å². The fraction of sp³-hybridized carbons (Fsp3) is 0.389. The number of urea groups is 1. The zero-order chi connectivity index (χ0) is 17.6. The van der Waals surface area contributed by atoms with Crippen LogP contribution in [0.4, 0.5) is 10.5 Å². The molecule has 0 spiro atoms. The zero-order valence-corrected chi connectivity index (χ0v) is 14.2. The molecule has 7 nitrogen and oxygen atoms in total. The number of anilines is 1.